The van der Waals surface area contributed by atoms with Gasteiger partial charge in [-0.15, -0.1) is 0 Å². The third-order valence-corrected chi connectivity index (χ3v) is 6.72. The predicted molar refractivity (Wildman–Crippen MR) is 116 cm³/mol. The van der Waals surface area contributed by atoms with Crippen molar-refractivity contribution < 1.29 is 33.4 Å². The van der Waals surface area contributed by atoms with Gasteiger partial charge in [-0.25, -0.2) is 9.59 Å². The summed E-state index contributed by atoms with van der Waals surface area (Å²) < 4.78 is 15.4. The number of methoxy groups -OCH3 is 2. The number of rotatable bonds is 6. The fourth-order valence-electron chi connectivity index (χ4n) is 4.76. The number of oxime groups is 1. The highest BCUT2D eigenvalue weighted by Gasteiger charge is 2.51. The summed E-state index contributed by atoms with van der Waals surface area (Å²) in [6, 6.07) is 10.1. The van der Waals surface area contributed by atoms with Gasteiger partial charge < -0.3 is 19.0 Å². The largest absolute Gasteiger partial charge is 0.468 e. The molecule has 0 spiro atoms. The standard InChI is InChI=1S/C24H31NO7/c1-14-11-12-16(24(2,3)15-9-7-6-8-10-15)17(13-14)31-22(27)19-18(21(26)29-4)20(32-25-19)23(28)30-5/h6-10,14,16-18,20H,11-13H2,1-5H3/t14-,16-,17-,18+,20+/m1/s1. The Morgan fingerprint density at radius 3 is 2.31 bits per heavy atom. The molecule has 1 aromatic carbocycles. The fourth-order valence-corrected chi connectivity index (χ4v) is 4.76. The maximum absolute atomic E-state index is 13.1. The van der Waals surface area contributed by atoms with E-state index in [1.165, 1.54) is 12.7 Å². The SMILES string of the molecule is COC(=O)[C@H]1C(C(=O)O[C@@H]2C[C@H](C)CC[C@H]2C(C)(C)c2ccccc2)=NO[C@@H]1C(=O)OC. The molecule has 1 aliphatic heterocycles. The molecule has 1 saturated carbocycles. The molecule has 174 valence electrons. The zero-order chi connectivity index (χ0) is 23.5. The lowest BCUT2D eigenvalue weighted by Crippen LogP contribution is -2.46. The molecule has 0 bridgehead atoms. The molecule has 2 aliphatic rings. The molecule has 8 heteroatoms. The van der Waals surface area contributed by atoms with Gasteiger partial charge in [0.25, 0.3) is 0 Å². The molecule has 1 heterocycles. The van der Waals surface area contributed by atoms with Crippen molar-refractivity contribution in [3.63, 3.8) is 0 Å². The Labute approximate surface area is 188 Å². The van der Waals surface area contributed by atoms with Crippen LogP contribution in [0.25, 0.3) is 0 Å². The molecular weight excluding hydrogens is 414 g/mol. The highest BCUT2D eigenvalue weighted by atomic mass is 16.7. The summed E-state index contributed by atoms with van der Waals surface area (Å²) in [6.07, 6.45) is 0.879. The normalized spacial score (nSPS) is 27.7. The third kappa shape index (κ3) is 4.64. The first kappa shape index (κ1) is 23.8. The molecule has 0 unspecified atom stereocenters. The Morgan fingerprint density at radius 1 is 1.03 bits per heavy atom. The van der Waals surface area contributed by atoms with E-state index in [1.807, 2.05) is 18.2 Å². The molecule has 0 N–H and O–H groups in total. The van der Waals surface area contributed by atoms with Crippen LogP contribution in [0.15, 0.2) is 35.5 Å². The molecular formula is C24H31NO7. The number of carbonyl (C=O) groups excluding carboxylic acids is 3. The summed E-state index contributed by atoms with van der Waals surface area (Å²) in [6.45, 7) is 6.45. The van der Waals surface area contributed by atoms with Crippen molar-refractivity contribution in [2.24, 2.45) is 22.9 Å². The van der Waals surface area contributed by atoms with E-state index in [4.69, 9.17) is 14.3 Å². The summed E-state index contributed by atoms with van der Waals surface area (Å²) in [5.41, 5.74) is 0.651. The van der Waals surface area contributed by atoms with Crippen LogP contribution < -0.4 is 0 Å². The van der Waals surface area contributed by atoms with Crippen molar-refractivity contribution in [2.75, 3.05) is 14.2 Å². The van der Waals surface area contributed by atoms with E-state index in [9.17, 15) is 14.4 Å². The zero-order valence-corrected chi connectivity index (χ0v) is 19.2. The van der Waals surface area contributed by atoms with Crippen molar-refractivity contribution >= 4 is 23.6 Å². The third-order valence-electron chi connectivity index (χ3n) is 6.72. The first-order valence-corrected chi connectivity index (χ1v) is 10.9. The number of esters is 3. The van der Waals surface area contributed by atoms with Crippen LogP contribution in [0.3, 0.4) is 0 Å². The van der Waals surface area contributed by atoms with Gasteiger partial charge >= 0.3 is 17.9 Å². The highest BCUT2D eigenvalue weighted by molar-refractivity contribution is 6.41. The first-order valence-electron chi connectivity index (χ1n) is 10.9. The van der Waals surface area contributed by atoms with Crippen molar-refractivity contribution in [2.45, 2.75) is 57.7 Å². The Kier molecular flexibility index (Phi) is 7.21. The average Bonchev–Trinajstić information content (AvgIpc) is 3.24. The molecule has 0 radical (unpaired) electrons. The lowest BCUT2D eigenvalue weighted by molar-refractivity contribution is -0.161. The smallest absolute Gasteiger partial charge is 0.357 e. The van der Waals surface area contributed by atoms with Gasteiger partial charge in [-0.3, -0.25) is 4.79 Å². The van der Waals surface area contributed by atoms with Gasteiger partial charge in [0.2, 0.25) is 6.10 Å². The second-order valence-electron chi connectivity index (χ2n) is 9.08. The van der Waals surface area contributed by atoms with E-state index < -0.39 is 29.9 Å². The van der Waals surface area contributed by atoms with Crippen LogP contribution in [-0.2, 0) is 38.8 Å². The summed E-state index contributed by atoms with van der Waals surface area (Å²) in [4.78, 5) is 42.5. The Hall–Kier alpha value is -2.90. The monoisotopic (exact) mass is 445 g/mol. The maximum atomic E-state index is 13.1. The topological polar surface area (TPSA) is 100 Å². The minimum absolute atomic E-state index is 0.0703. The molecule has 1 aliphatic carbocycles. The van der Waals surface area contributed by atoms with E-state index >= 15 is 0 Å². The van der Waals surface area contributed by atoms with Gasteiger partial charge in [0, 0.05) is 5.92 Å². The number of benzene rings is 1. The molecule has 0 amide bonds. The molecule has 0 aromatic heterocycles. The molecule has 0 saturated heterocycles. The Morgan fingerprint density at radius 2 is 1.69 bits per heavy atom. The summed E-state index contributed by atoms with van der Waals surface area (Å²) in [7, 11) is 2.33. The first-order chi connectivity index (χ1) is 15.2. The van der Waals surface area contributed by atoms with E-state index in [0.29, 0.717) is 12.3 Å². The second-order valence-corrected chi connectivity index (χ2v) is 9.08. The highest BCUT2D eigenvalue weighted by Crippen LogP contribution is 2.43. The lowest BCUT2D eigenvalue weighted by Gasteiger charge is -2.44. The van der Waals surface area contributed by atoms with Gasteiger partial charge in [-0.2, -0.15) is 0 Å². The van der Waals surface area contributed by atoms with Crippen molar-refractivity contribution in [1.82, 2.24) is 0 Å². The van der Waals surface area contributed by atoms with Crippen LogP contribution in [0, 0.1) is 17.8 Å². The van der Waals surface area contributed by atoms with E-state index in [2.05, 4.69) is 42.8 Å². The zero-order valence-electron chi connectivity index (χ0n) is 19.2. The molecule has 32 heavy (non-hydrogen) atoms. The van der Waals surface area contributed by atoms with E-state index in [1.54, 1.807) is 0 Å². The number of ether oxygens (including phenoxy) is 3. The average molecular weight is 446 g/mol. The quantitative estimate of drug-likeness (QED) is 0.490. The van der Waals surface area contributed by atoms with Crippen LogP contribution in [0.2, 0.25) is 0 Å². The number of hydrogen-bond acceptors (Lipinski definition) is 8. The van der Waals surface area contributed by atoms with Gasteiger partial charge in [0.15, 0.2) is 11.6 Å². The summed E-state index contributed by atoms with van der Waals surface area (Å²) in [5.74, 6) is -3.29. The van der Waals surface area contributed by atoms with E-state index in [-0.39, 0.29) is 23.1 Å². The van der Waals surface area contributed by atoms with Crippen LogP contribution in [0.1, 0.15) is 45.6 Å². The Bertz CT molecular complexity index is 880. The second kappa shape index (κ2) is 9.71. The van der Waals surface area contributed by atoms with Gasteiger partial charge in [-0.1, -0.05) is 62.7 Å². The number of nitrogens with zero attached hydrogens (tertiary/aromatic N) is 1. The number of carbonyl (C=O) groups is 3. The molecule has 8 nitrogen and oxygen atoms in total. The Balaban J connectivity index is 1.83. The van der Waals surface area contributed by atoms with Crippen molar-refractivity contribution in [3.8, 4) is 0 Å². The van der Waals surface area contributed by atoms with Gasteiger partial charge in [0.05, 0.1) is 14.2 Å². The molecule has 1 fully saturated rings. The van der Waals surface area contributed by atoms with Crippen LogP contribution in [0.4, 0.5) is 0 Å². The van der Waals surface area contributed by atoms with Crippen molar-refractivity contribution in [1.29, 1.82) is 0 Å². The lowest BCUT2D eigenvalue weighted by atomic mass is 9.64. The molecule has 3 rings (SSSR count). The minimum atomic E-state index is -1.38. The predicted octanol–water partition coefficient (Wildman–Crippen LogP) is 3.03. The van der Waals surface area contributed by atoms with E-state index in [0.717, 1.165) is 20.0 Å². The molecule has 5 atom stereocenters. The van der Waals surface area contributed by atoms with Crippen LogP contribution in [0.5, 0.6) is 0 Å². The molecule has 1 aromatic rings. The minimum Gasteiger partial charge on any atom is -0.468 e. The maximum Gasteiger partial charge on any atom is 0.357 e. The van der Waals surface area contributed by atoms with Gasteiger partial charge in [-0.05, 0) is 29.7 Å². The van der Waals surface area contributed by atoms with Crippen LogP contribution in [-0.4, -0.2) is 50.0 Å². The van der Waals surface area contributed by atoms with Crippen LogP contribution >= 0.6 is 0 Å². The summed E-state index contributed by atoms with van der Waals surface area (Å²) in [5, 5.41) is 3.71. The van der Waals surface area contributed by atoms with Gasteiger partial charge in [0.1, 0.15) is 6.10 Å². The summed E-state index contributed by atoms with van der Waals surface area (Å²) >= 11 is 0. The van der Waals surface area contributed by atoms with Crippen molar-refractivity contribution in [3.05, 3.63) is 35.9 Å². The number of hydrogen-bond donors (Lipinski definition) is 0. The fraction of sp³-hybridized carbons (Fsp3) is 0.583.